The van der Waals surface area contributed by atoms with Crippen LogP contribution >= 0.6 is 0 Å². The molecule has 3 N–H and O–H groups in total. The molecule has 2 aromatic heterocycles. The van der Waals surface area contributed by atoms with Crippen molar-refractivity contribution in [3.63, 3.8) is 0 Å². The van der Waals surface area contributed by atoms with Gasteiger partial charge in [-0.2, -0.15) is 0 Å². The molecule has 0 aliphatic heterocycles. The van der Waals surface area contributed by atoms with Crippen molar-refractivity contribution in [2.75, 3.05) is 6.54 Å². The van der Waals surface area contributed by atoms with E-state index in [0.717, 1.165) is 21.9 Å². The van der Waals surface area contributed by atoms with Gasteiger partial charge in [-0.05, 0) is 43.2 Å². The van der Waals surface area contributed by atoms with Crippen molar-refractivity contribution in [1.82, 2.24) is 10.6 Å². The number of aryl methyl sites for hydroxylation is 2. The molecule has 38 heavy (non-hydrogen) atoms. The highest BCUT2D eigenvalue weighted by Gasteiger charge is 2.28. The molecule has 0 radical (unpaired) electrons. The summed E-state index contributed by atoms with van der Waals surface area (Å²) < 4.78 is 11.5. The molecule has 206 valence electrons. The van der Waals surface area contributed by atoms with Gasteiger partial charge in [0.1, 0.15) is 17.2 Å². The number of nitrogens with one attached hydrogen (secondary N) is 2. The molecule has 2 heterocycles. The zero-order valence-corrected chi connectivity index (χ0v) is 23.2. The van der Waals surface area contributed by atoms with E-state index in [2.05, 4.69) is 31.4 Å². The average Bonchev–Trinajstić information content (AvgIpc) is 3.28. The average molecular weight is 527 g/mol. The maximum absolute atomic E-state index is 13.1. The predicted molar refractivity (Wildman–Crippen MR) is 145 cm³/mol. The monoisotopic (exact) mass is 526 g/mol. The van der Waals surface area contributed by atoms with Crippen LogP contribution in [0, 0.1) is 19.8 Å². The summed E-state index contributed by atoms with van der Waals surface area (Å²) in [4.78, 5) is 49.5. The van der Waals surface area contributed by atoms with Gasteiger partial charge in [0, 0.05) is 34.9 Å². The zero-order valence-electron chi connectivity index (χ0n) is 23.2. The van der Waals surface area contributed by atoms with Gasteiger partial charge >= 0.3 is 11.6 Å². The van der Waals surface area contributed by atoms with E-state index in [4.69, 9.17) is 13.9 Å². The highest BCUT2D eigenvalue weighted by atomic mass is 16.4. The van der Waals surface area contributed by atoms with Crippen LogP contribution < -0.4 is 16.3 Å². The largest absolute Gasteiger partial charge is 0.481 e. The number of carbonyl (C=O) groups excluding carboxylic acids is 2. The third-order valence-electron chi connectivity index (χ3n) is 7.17. The van der Waals surface area contributed by atoms with Crippen LogP contribution in [0.4, 0.5) is 0 Å². The number of carboxylic acid groups (broad SMARTS) is 1. The topological polar surface area (TPSA) is 139 Å². The van der Waals surface area contributed by atoms with Crippen LogP contribution in [-0.2, 0) is 26.2 Å². The van der Waals surface area contributed by atoms with Crippen molar-refractivity contribution in [1.29, 1.82) is 0 Å². The minimum Gasteiger partial charge on any atom is -0.481 e. The minimum absolute atomic E-state index is 0.0561. The molecule has 0 unspecified atom stereocenters. The fraction of sp³-hybridized carbons (Fsp3) is 0.517. The van der Waals surface area contributed by atoms with Gasteiger partial charge in [-0.15, -0.1) is 0 Å². The van der Waals surface area contributed by atoms with Crippen LogP contribution in [-0.4, -0.2) is 35.5 Å². The van der Waals surface area contributed by atoms with Crippen molar-refractivity contribution in [3.05, 3.63) is 45.0 Å². The number of benzene rings is 1. The lowest BCUT2D eigenvalue weighted by Crippen LogP contribution is -2.51. The van der Waals surface area contributed by atoms with E-state index in [9.17, 15) is 19.2 Å². The van der Waals surface area contributed by atoms with Crippen LogP contribution in [0.25, 0.3) is 21.9 Å². The summed E-state index contributed by atoms with van der Waals surface area (Å²) in [5.41, 5.74) is 2.98. The molecule has 3 rings (SSSR count). The molecule has 0 saturated carbocycles. The Hall–Kier alpha value is -3.62. The molecule has 0 aliphatic carbocycles. The van der Waals surface area contributed by atoms with E-state index >= 15 is 0 Å². The molecular formula is C29H38N2O7. The molecule has 0 fully saturated rings. The number of aliphatic carboxylic acids is 1. The highest BCUT2D eigenvalue weighted by molar-refractivity contribution is 6.00. The number of carboxylic acids is 1. The Kier molecular flexibility index (Phi) is 8.69. The molecule has 0 aliphatic rings. The number of furan rings is 1. The van der Waals surface area contributed by atoms with Gasteiger partial charge in [-0.1, -0.05) is 41.0 Å². The summed E-state index contributed by atoms with van der Waals surface area (Å²) in [6.45, 7) is 13.9. The summed E-state index contributed by atoms with van der Waals surface area (Å²) >= 11 is 0. The van der Waals surface area contributed by atoms with Crippen molar-refractivity contribution < 1.29 is 28.3 Å². The van der Waals surface area contributed by atoms with E-state index in [1.165, 1.54) is 0 Å². The van der Waals surface area contributed by atoms with Crippen molar-refractivity contribution in [3.8, 4) is 0 Å². The maximum Gasteiger partial charge on any atom is 0.340 e. The molecule has 0 saturated heterocycles. The molecular weight excluding hydrogens is 488 g/mol. The Morgan fingerprint density at radius 2 is 1.76 bits per heavy atom. The first kappa shape index (κ1) is 28.9. The van der Waals surface area contributed by atoms with E-state index in [0.29, 0.717) is 29.6 Å². The summed E-state index contributed by atoms with van der Waals surface area (Å²) in [7, 11) is 0. The molecule has 9 heteroatoms. The molecule has 0 spiro atoms. The van der Waals surface area contributed by atoms with Crippen LogP contribution in [0.2, 0.25) is 0 Å². The molecule has 2 amide bonds. The maximum atomic E-state index is 13.1. The van der Waals surface area contributed by atoms with Crippen molar-refractivity contribution >= 4 is 39.7 Å². The number of hydrogen-bond acceptors (Lipinski definition) is 6. The number of hydrogen-bond donors (Lipinski definition) is 3. The normalized spacial score (nSPS) is 13.4. The first-order valence-corrected chi connectivity index (χ1v) is 13.0. The SMILES string of the molecule is CC[C@@H](C)[C@H](NC(=O)Cc1c(C)c2cc3c(C(C)(C)C)coc3c(C)c2oc1=O)C(=O)NCCCC(=O)O. The third-order valence-corrected chi connectivity index (χ3v) is 7.17. The fourth-order valence-corrected chi connectivity index (χ4v) is 4.63. The lowest BCUT2D eigenvalue weighted by Gasteiger charge is -2.23. The van der Waals surface area contributed by atoms with Gasteiger partial charge in [0.25, 0.3) is 0 Å². The van der Waals surface area contributed by atoms with Gasteiger partial charge in [0.15, 0.2) is 0 Å². The van der Waals surface area contributed by atoms with Gasteiger partial charge in [0.2, 0.25) is 11.8 Å². The van der Waals surface area contributed by atoms with Crippen LogP contribution in [0.5, 0.6) is 0 Å². The summed E-state index contributed by atoms with van der Waals surface area (Å²) in [6, 6.07) is 1.14. The van der Waals surface area contributed by atoms with Crippen LogP contribution in [0.15, 0.2) is 26.0 Å². The predicted octanol–water partition coefficient (Wildman–Crippen LogP) is 4.51. The Balaban J connectivity index is 1.90. The van der Waals surface area contributed by atoms with Crippen LogP contribution in [0.3, 0.4) is 0 Å². The van der Waals surface area contributed by atoms with Crippen LogP contribution in [0.1, 0.15) is 76.1 Å². The number of carbonyl (C=O) groups is 3. The van der Waals surface area contributed by atoms with E-state index < -0.39 is 23.5 Å². The highest BCUT2D eigenvalue weighted by Crippen LogP contribution is 2.37. The minimum atomic E-state index is -0.936. The van der Waals surface area contributed by atoms with Crippen molar-refractivity contribution in [2.24, 2.45) is 5.92 Å². The first-order valence-electron chi connectivity index (χ1n) is 13.0. The second kappa shape index (κ2) is 11.4. The molecule has 0 bridgehead atoms. The Bertz CT molecular complexity index is 1420. The summed E-state index contributed by atoms with van der Waals surface area (Å²) in [6.07, 6.45) is 2.37. The number of rotatable bonds is 10. The Labute approximate surface area is 222 Å². The van der Waals surface area contributed by atoms with Crippen molar-refractivity contribution in [2.45, 2.75) is 85.6 Å². The number of amides is 2. The lowest BCUT2D eigenvalue weighted by atomic mass is 9.86. The molecule has 2 atom stereocenters. The number of fused-ring (bicyclic) bond motifs is 2. The quantitative estimate of drug-likeness (QED) is 0.261. The molecule has 9 nitrogen and oxygen atoms in total. The molecule has 1 aromatic carbocycles. The zero-order chi connectivity index (χ0) is 28.4. The summed E-state index contributed by atoms with van der Waals surface area (Å²) in [5, 5.41) is 15.9. The second-order valence-corrected chi connectivity index (χ2v) is 11.0. The van der Waals surface area contributed by atoms with E-state index in [1.807, 2.05) is 26.8 Å². The third kappa shape index (κ3) is 6.09. The second-order valence-electron chi connectivity index (χ2n) is 11.0. The van der Waals surface area contributed by atoms with Gasteiger partial charge in [0.05, 0.1) is 18.2 Å². The Morgan fingerprint density at radius 1 is 1.08 bits per heavy atom. The van der Waals surface area contributed by atoms with Gasteiger partial charge in [-0.25, -0.2) is 4.79 Å². The smallest absolute Gasteiger partial charge is 0.340 e. The Morgan fingerprint density at radius 3 is 2.37 bits per heavy atom. The van der Waals surface area contributed by atoms with E-state index in [-0.39, 0.29) is 42.2 Å². The lowest BCUT2D eigenvalue weighted by molar-refractivity contribution is -0.137. The van der Waals surface area contributed by atoms with Gasteiger partial charge < -0.3 is 24.6 Å². The first-order chi connectivity index (χ1) is 17.8. The standard InChI is InChI=1S/C29H38N2O7/c1-8-15(2)24(27(35)30-11-9-10-23(33)34)31-22(32)13-19-16(3)18-12-20-21(29(5,6)7)14-37-25(20)17(4)26(18)38-28(19)36/h12,14-15,24H,8-11,13H2,1-7H3,(H,30,35)(H,31,32)(H,33,34)/t15-,24+/m1/s1. The molecule has 3 aromatic rings. The fourth-order valence-electron chi connectivity index (χ4n) is 4.63. The summed E-state index contributed by atoms with van der Waals surface area (Å²) in [5.74, 6) is -1.95. The van der Waals surface area contributed by atoms with Gasteiger partial charge in [-0.3, -0.25) is 14.4 Å². The van der Waals surface area contributed by atoms with E-state index in [1.54, 1.807) is 13.2 Å².